The summed E-state index contributed by atoms with van der Waals surface area (Å²) in [5, 5.41) is 11.3. The maximum atomic E-state index is 11.3. The minimum Gasteiger partial charge on any atom is -0.549 e. The molecule has 2 rings (SSSR count). The van der Waals surface area contributed by atoms with Crippen LogP contribution in [0, 0.1) is 6.92 Å². The molecular weight excluding hydrogens is 233 g/mol. The molecule has 1 atom stereocenters. The van der Waals surface area contributed by atoms with E-state index < -0.39 is 11.9 Å². The zero-order valence-electron chi connectivity index (χ0n) is 11.2. The number of carboxylic acid groups (broad SMARTS) is 1. The quantitative estimate of drug-likeness (QED) is 0.616. The Labute approximate surface area is 124 Å². The average Bonchev–Trinajstić information content (AvgIpc) is 2.38. The van der Waals surface area contributed by atoms with E-state index in [2.05, 4.69) is 4.98 Å². The van der Waals surface area contributed by atoms with E-state index in [4.69, 9.17) is 0 Å². The van der Waals surface area contributed by atoms with Crippen molar-refractivity contribution in [2.24, 2.45) is 0 Å². The first-order chi connectivity index (χ1) is 8.68. The van der Waals surface area contributed by atoms with Crippen LogP contribution in [0.1, 0.15) is 22.7 Å². The van der Waals surface area contributed by atoms with Gasteiger partial charge in [-0.05, 0) is 30.5 Å². The van der Waals surface area contributed by atoms with Gasteiger partial charge in [0.25, 0.3) is 0 Å². The molecule has 3 nitrogen and oxygen atoms in total. The molecule has 0 aliphatic carbocycles. The molecule has 1 unspecified atom stereocenters. The Balaban J connectivity index is 0.00000180. The van der Waals surface area contributed by atoms with Crippen LogP contribution in [-0.2, 0) is 11.2 Å². The van der Waals surface area contributed by atoms with Crippen LogP contribution in [-0.4, -0.2) is 11.0 Å². The summed E-state index contributed by atoms with van der Waals surface area (Å²) >= 11 is 0. The van der Waals surface area contributed by atoms with Crippen LogP contribution in [0.25, 0.3) is 0 Å². The summed E-state index contributed by atoms with van der Waals surface area (Å²) < 4.78 is 0. The van der Waals surface area contributed by atoms with Crippen molar-refractivity contribution in [3.05, 3.63) is 65.5 Å². The van der Waals surface area contributed by atoms with Gasteiger partial charge in [0.05, 0.1) is 11.7 Å². The first-order valence-electron chi connectivity index (χ1n) is 5.85. The molecule has 0 saturated heterocycles. The second-order valence-corrected chi connectivity index (χ2v) is 4.27. The van der Waals surface area contributed by atoms with E-state index in [0.717, 1.165) is 11.1 Å². The number of aryl methyl sites for hydroxylation is 1. The van der Waals surface area contributed by atoms with Gasteiger partial charge in [-0.1, -0.05) is 36.4 Å². The summed E-state index contributed by atoms with van der Waals surface area (Å²) in [5.74, 6) is -1.78. The Hall–Kier alpha value is -1.56. The molecule has 0 bridgehead atoms. The molecule has 2 aromatic rings. The molecule has 1 aromatic carbocycles. The Morgan fingerprint density at radius 2 is 1.89 bits per heavy atom. The van der Waals surface area contributed by atoms with Gasteiger partial charge in [0.1, 0.15) is 0 Å². The Morgan fingerprint density at radius 3 is 2.47 bits per heavy atom. The molecule has 0 radical (unpaired) electrons. The zero-order valence-corrected chi connectivity index (χ0v) is 11.2. The molecule has 1 aromatic heterocycles. The predicted octanol–water partition coefficient (Wildman–Crippen LogP) is -1.53. The number of carbonyl (C=O) groups is 1. The van der Waals surface area contributed by atoms with E-state index in [1.54, 1.807) is 12.3 Å². The van der Waals surface area contributed by atoms with Crippen molar-refractivity contribution >= 4 is 5.97 Å². The third-order valence-corrected chi connectivity index (χ3v) is 2.95. The summed E-state index contributed by atoms with van der Waals surface area (Å²) in [4.78, 5) is 15.5. The maximum absolute atomic E-state index is 11.3. The second kappa shape index (κ2) is 7.13. The monoisotopic (exact) mass is 247 g/mol. The number of pyridine rings is 1. The zero-order chi connectivity index (χ0) is 13.0. The number of rotatable bonds is 4. The molecule has 0 aliphatic heterocycles. The van der Waals surface area contributed by atoms with Gasteiger partial charge >= 0.3 is 18.9 Å². The van der Waals surface area contributed by atoms with Gasteiger partial charge in [0.15, 0.2) is 0 Å². The fourth-order valence-electron chi connectivity index (χ4n) is 2.00. The van der Waals surface area contributed by atoms with Crippen LogP contribution in [0.15, 0.2) is 48.7 Å². The largest absolute Gasteiger partial charge is 1.00 e. The van der Waals surface area contributed by atoms with Crippen LogP contribution in [0.4, 0.5) is 0 Å². The summed E-state index contributed by atoms with van der Waals surface area (Å²) in [6, 6.07) is 13.2. The molecule has 0 saturated carbocycles. The van der Waals surface area contributed by atoms with Crippen molar-refractivity contribution in [2.75, 3.05) is 0 Å². The molecule has 0 aliphatic rings. The molecular formula is C15H14LiNO2. The third-order valence-electron chi connectivity index (χ3n) is 2.95. The molecule has 19 heavy (non-hydrogen) atoms. The number of hydrogen-bond donors (Lipinski definition) is 0. The summed E-state index contributed by atoms with van der Waals surface area (Å²) in [6.45, 7) is 1.86. The minimum atomic E-state index is -1.08. The topological polar surface area (TPSA) is 53.0 Å². The van der Waals surface area contributed by atoms with Gasteiger partial charge in [-0.15, -0.1) is 0 Å². The molecule has 0 fully saturated rings. The van der Waals surface area contributed by atoms with Gasteiger partial charge in [-0.25, -0.2) is 0 Å². The van der Waals surface area contributed by atoms with Gasteiger partial charge in [0, 0.05) is 12.1 Å². The van der Waals surface area contributed by atoms with Gasteiger partial charge in [0.2, 0.25) is 0 Å². The van der Waals surface area contributed by atoms with Crippen molar-refractivity contribution in [2.45, 2.75) is 19.3 Å². The van der Waals surface area contributed by atoms with Crippen molar-refractivity contribution in [3.63, 3.8) is 0 Å². The smallest absolute Gasteiger partial charge is 0.549 e. The normalized spacial score (nSPS) is 11.4. The van der Waals surface area contributed by atoms with E-state index in [-0.39, 0.29) is 18.9 Å². The van der Waals surface area contributed by atoms with Crippen LogP contribution in [0.2, 0.25) is 0 Å². The van der Waals surface area contributed by atoms with Crippen LogP contribution in [0.5, 0.6) is 0 Å². The molecule has 0 spiro atoms. The van der Waals surface area contributed by atoms with E-state index in [9.17, 15) is 9.90 Å². The average molecular weight is 247 g/mol. The number of carboxylic acids is 1. The van der Waals surface area contributed by atoms with Crippen LogP contribution in [0.3, 0.4) is 0 Å². The van der Waals surface area contributed by atoms with E-state index in [0.29, 0.717) is 12.1 Å². The van der Waals surface area contributed by atoms with Crippen molar-refractivity contribution in [1.82, 2.24) is 4.98 Å². The van der Waals surface area contributed by atoms with Gasteiger partial charge < -0.3 is 9.90 Å². The van der Waals surface area contributed by atoms with Crippen molar-refractivity contribution in [1.29, 1.82) is 0 Å². The first kappa shape index (κ1) is 15.5. The standard InChI is InChI=1S/C15H15NO2.Li/c1-11-6-5-9-16-14(11)13(15(17)18)10-12-7-3-2-4-8-12;/h2-9,13H,10H2,1H3,(H,17,18);/q;+1/p-1. The first-order valence-corrected chi connectivity index (χ1v) is 5.85. The SMILES string of the molecule is Cc1cccnc1C(Cc1ccccc1)C(=O)[O-].[Li+]. The molecule has 4 heteroatoms. The number of nitrogens with zero attached hydrogens (tertiary/aromatic N) is 1. The third kappa shape index (κ3) is 3.95. The van der Waals surface area contributed by atoms with Crippen molar-refractivity contribution < 1.29 is 28.8 Å². The molecule has 0 amide bonds. The van der Waals surface area contributed by atoms with Crippen LogP contribution < -0.4 is 24.0 Å². The number of aliphatic carboxylic acids is 1. The number of benzene rings is 1. The van der Waals surface area contributed by atoms with Crippen LogP contribution >= 0.6 is 0 Å². The fourth-order valence-corrected chi connectivity index (χ4v) is 2.00. The number of carbonyl (C=O) groups excluding carboxylic acids is 1. The number of aromatic nitrogens is 1. The molecule has 1 heterocycles. The molecule has 92 valence electrons. The van der Waals surface area contributed by atoms with E-state index in [1.165, 1.54) is 0 Å². The minimum absolute atomic E-state index is 0. The Morgan fingerprint density at radius 1 is 1.21 bits per heavy atom. The van der Waals surface area contributed by atoms with Gasteiger partial charge in [-0.3, -0.25) is 4.98 Å². The van der Waals surface area contributed by atoms with Gasteiger partial charge in [-0.2, -0.15) is 0 Å². The summed E-state index contributed by atoms with van der Waals surface area (Å²) in [6.07, 6.45) is 2.02. The summed E-state index contributed by atoms with van der Waals surface area (Å²) in [7, 11) is 0. The fraction of sp³-hybridized carbons (Fsp3) is 0.200. The van der Waals surface area contributed by atoms with Crippen molar-refractivity contribution in [3.8, 4) is 0 Å². The van der Waals surface area contributed by atoms with E-state index >= 15 is 0 Å². The molecule has 0 N–H and O–H groups in total. The Kier molecular flexibility index (Phi) is 5.82. The maximum Gasteiger partial charge on any atom is 1.00 e. The Bertz CT molecular complexity index is 543. The summed E-state index contributed by atoms with van der Waals surface area (Å²) in [5.41, 5.74) is 2.43. The second-order valence-electron chi connectivity index (χ2n) is 4.27. The predicted molar refractivity (Wildman–Crippen MR) is 66.9 cm³/mol. The van der Waals surface area contributed by atoms with E-state index in [1.807, 2.05) is 43.3 Å². The number of hydrogen-bond acceptors (Lipinski definition) is 3.